The largest absolute Gasteiger partial charge is 0.313 e. The summed E-state index contributed by atoms with van der Waals surface area (Å²) in [6.07, 6.45) is 2.51. The highest BCUT2D eigenvalue weighted by molar-refractivity contribution is 6.31. The van der Waals surface area contributed by atoms with Crippen LogP contribution in [-0.2, 0) is 13.1 Å². The van der Waals surface area contributed by atoms with Crippen LogP contribution in [0.25, 0.3) is 11.0 Å². The van der Waals surface area contributed by atoms with Crippen molar-refractivity contribution < 1.29 is 0 Å². The fourth-order valence-electron chi connectivity index (χ4n) is 2.66. The number of nitrogens with zero attached hydrogens (tertiary/aromatic N) is 4. The van der Waals surface area contributed by atoms with Crippen LogP contribution < -0.4 is 0 Å². The van der Waals surface area contributed by atoms with Crippen LogP contribution in [0.15, 0.2) is 18.2 Å². The molecule has 19 heavy (non-hydrogen) atoms. The van der Waals surface area contributed by atoms with Gasteiger partial charge >= 0.3 is 0 Å². The summed E-state index contributed by atoms with van der Waals surface area (Å²) in [4.78, 5) is 7.03. The molecule has 0 amide bonds. The predicted molar refractivity (Wildman–Crippen MR) is 74.9 cm³/mol. The summed E-state index contributed by atoms with van der Waals surface area (Å²) in [5.74, 6) is 0.959. The van der Waals surface area contributed by atoms with Crippen molar-refractivity contribution in [3.63, 3.8) is 0 Å². The van der Waals surface area contributed by atoms with Crippen molar-refractivity contribution in [2.45, 2.75) is 25.9 Å². The van der Waals surface area contributed by atoms with Gasteiger partial charge in [-0.05, 0) is 44.1 Å². The van der Waals surface area contributed by atoms with E-state index in [1.165, 1.54) is 12.8 Å². The number of hydrogen-bond donors (Lipinski definition) is 0. The minimum Gasteiger partial charge on any atom is -0.313 e. The van der Waals surface area contributed by atoms with Crippen molar-refractivity contribution in [3.8, 4) is 6.07 Å². The second-order valence-corrected chi connectivity index (χ2v) is 5.33. The maximum atomic E-state index is 9.00. The Hall–Kier alpha value is -1.57. The van der Waals surface area contributed by atoms with Crippen LogP contribution in [0.1, 0.15) is 18.7 Å². The third kappa shape index (κ3) is 2.44. The Labute approximate surface area is 117 Å². The van der Waals surface area contributed by atoms with Gasteiger partial charge in [-0.25, -0.2) is 4.98 Å². The topological polar surface area (TPSA) is 44.9 Å². The lowest BCUT2D eigenvalue weighted by Gasteiger charge is -2.14. The number of fused-ring (bicyclic) bond motifs is 1. The Kier molecular flexibility index (Phi) is 3.41. The van der Waals surface area contributed by atoms with Gasteiger partial charge in [0, 0.05) is 5.02 Å². The third-order valence-corrected chi connectivity index (χ3v) is 3.82. The molecule has 1 fully saturated rings. The van der Waals surface area contributed by atoms with E-state index in [2.05, 4.69) is 16.0 Å². The first-order chi connectivity index (χ1) is 9.28. The number of benzene rings is 1. The van der Waals surface area contributed by atoms with Crippen molar-refractivity contribution >= 4 is 22.6 Å². The third-order valence-electron chi connectivity index (χ3n) is 3.58. The number of aromatic nitrogens is 2. The minimum atomic E-state index is 0.335. The Morgan fingerprint density at radius 1 is 1.32 bits per heavy atom. The highest BCUT2D eigenvalue weighted by Gasteiger charge is 2.17. The monoisotopic (exact) mass is 274 g/mol. The number of nitriles is 1. The van der Waals surface area contributed by atoms with Crippen molar-refractivity contribution in [1.82, 2.24) is 14.5 Å². The van der Waals surface area contributed by atoms with Crippen LogP contribution in [0.3, 0.4) is 0 Å². The molecular weight excluding hydrogens is 260 g/mol. The molecule has 0 radical (unpaired) electrons. The molecule has 1 saturated heterocycles. The Bertz CT molecular complexity index is 635. The summed E-state index contributed by atoms with van der Waals surface area (Å²) in [6, 6.07) is 7.86. The Morgan fingerprint density at radius 2 is 2.11 bits per heavy atom. The van der Waals surface area contributed by atoms with E-state index in [4.69, 9.17) is 16.9 Å². The molecule has 0 saturated carbocycles. The molecule has 1 aliphatic rings. The fourth-order valence-corrected chi connectivity index (χ4v) is 2.83. The van der Waals surface area contributed by atoms with E-state index < -0.39 is 0 Å². The molecule has 5 heteroatoms. The molecule has 1 aromatic heterocycles. The van der Waals surface area contributed by atoms with Crippen molar-refractivity contribution in [3.05, 3.63) is 29.0 Å². The summed E-state index contributed by atoms with van der Waals surface area (Å²) < 4.78 is 1.99. The summed E-state index contributed by atoms with van der Waals surface area (Å²) in [7, 11) is 0. The van der Waals surface area contributed by atoms with E-state index in [0.717, 1.165) is 36.5 Å². The molecule has 0 spiro atoms. The highest BCUT2D eigenvalue weighted by atomic mass is 35.5. The molecule has 1 aromatic carbocycles. The van der Waals surface area contributed by atoms with E-state index >= 15 is 0 Å². The van der Waals surface area contributed by atoms with Gasteiger partial charge < -0.3 is 4.57 Å². The molecule has 3 rings (SSSR count). The minimum absolute atomic E-state index is 0.335. The van der Waals surface area contributed by atoms with Crippen LogP contribution in [0.5, 0.6) is 0 Å². The van der Waals surface area contributed by atoms with Gasteiger partial charge in [-0.3, -0.25) is 4.90 Å². The van der Waals surface area contributed by atoms with Crippen LogP contribution in [0.2, 0.25) is 5.02 Å². The van der Waals surface area contributed by atoms with E-state index in [-0.39, 0.29) is 0 Å². The molecule has 2 heterocycles. The van der Waals surface area contributed by atoms with Gasteiger partial charge in [-0.2, -0.15) is 5.26 Å². The Balaban J connectivity index is 2.01. The first kappa shape index (κ1) is 12.5. The molecule has 0 aliphatic carbocycles. The fraction of sp³-hybridized carbons (Fsp3) is 0.429. The van der Waals surface area contributed by atoms with Crippen molar-refractivity contribution in [1.29, 1.82) is 5.26 Å². The average molecular weight is 275 g/mol. The molecule has 4 nitrogen and oxygen atoms in total. The number of hydrogen-bond acceptors (Lipinski definition) is 3. The van der Waals surface area contributed by atoms with Gasteiger partial charge in [-0.15, -0.1) is 0 Å². The zero-order valence-electron chi connectivity index (χ0n) is 10.6. The quantitative estimate of drug-likeness (QED) is 0.864. The lowest BCUT2D eigenvalue weighted by molar-refractivity contribution is 0.318. The second kappa shape index (κ2) is 5.20. The first-order valence-corrected chi connectivity index (χ1v) is 6.90. The lowest BCUT2D eigenvalue weighted by Crippen LogP contribution is -2.21. The molecular formula is C14H15ClN4. The standard InChI is InChI=1S/C14H15ClN4/c15-11-3-4-13-12(9-11)17-14(19(13)8-5-16)10-18-6-1-2-7-18/h3-4,9H,1-2,6-8,10H2. The van der Waals surface area contributed by atoms with Gasteiger partial charge in [0.15, 0.2) is 0 Å². The zero-order valence-corrected chi connectivity index (χ0v) is 11.4. The van der Waals surface area contributed by atoms with Crippen LogP contribution in [0.4, 0.5) is 0 Å². The number of halogens is 1. The normalized spacial score (nSPS) is 16.0. The maximum Gasteiger partial charge on any atom is 0.125 e. The van der Waals surface area contributed by atoms with Crippen LogP contribution in [0, 0.1) is 11.3 Å². The van der Waals surface area contributed by atoms with Gasteiger partial charge in [0.1, 0.15) is 12.4 Å². The smallest absolute Gasteiger partial charge is 0.125 e. The lowest BCUT2D eigenvalue weighted by atomic mass is 10.3. The predicted octanol–water partition coefficient (Wildman–Crippen LogP) is 2.81. The molecule has 98 valence electrons. The number of rotatable bonds is 3. The average Bonchev–Trinajstić information content (AvgIpc) is 2.99. The molecule has 0 bridgehead atoms. The summed E-state index contributed by atoms with van der Waals surface area (Å²) in [6.45, 7) is 3.39. The van der Waals surface area contributed by atoms with Crippen LogP contribution >= 0.6 is 11.6 Å². The van der Waals surface area contributed by atoms with E-state index in [9.17, 15) is 0 Å². The SMILES string of the molecule is N#CCn1c(CN2CCCC2)nc2cc(Cl)ccc21. The second-order valence-electron chi connectivity index (χ2n) is 4.89. The van der Waals surface area contributed by atoms with Gasteiger partial charge in [-0.1, -0.05) is 11.6 Å². The summed E-state index contributed by atoms with van der Waals surface area (Å²) >= 11 is 6.00. The van der Waals surface area contributed by atoms with E-state index in [0.29, 0.717) is 11.6 Å². The van der Waals surface area contributed by atoms with Crippen molar-refractivity contribution in [2.75, 3.05) is 13.1 Å². The molecule has 0 N–H and O–H groups in total. The van der Waals surface area contributed by atoms with E-state index in [1.54, 1.807) is 0 Å². The van der Waals surface area contributed by atoms with Crippen molar-refractivity contribution in [2.24, 2.45) is 0 Å². The molecule has 0 atom stereocenters. The molecule has 2 aromatic rings. The zero-order chi connectivity index (χ0) is 13.2. The van der Waals surface area contributed by atoms with Gasteiger partial charge in [0.05, 0.1) is 23.6 Å². The Morgan fingerprint density at radius 3 is 2.84 bits per heavy atom. The highest BCUT2D eigenvalue weighted by Crippen LogP contribution is 2.22. The first-order valence-electron chi connectivity index (χ1n) is 6.52. The molecule has 1 aliphatic heterocycles. The summed E-state index contributed by atoms with van der Waals surface area (Å²) in [5.41, 5.74) is 1.86. The van der Waals surface area contributed by atoms with Gasteiger partial charge in [0.2, 0.25) is 0 Å². The molecule has 0 unspecified atom stereocenters. The van der Waals surface area contributed by atoms with E-state index in [1.807, 2.05) is 22.8 Å². The van der Waals surface area contributed by atoms with Crippen LogP contribution in [-0.4, -0.2) is 27.5 Å². The number of imidazole rings is 1. The summed E-state index contributed by atoms with van der Waals surface area (Å²) in [5, 5.41) is 9.68. The maximum absolute atomic E-state index is 9.00. The number of likely N-dealkylation sites (tertiary alicyclic amines) is 1. The van der Waals surface area contributed by atoms with Gasteiger partial charge in [0.25, 0.3) is 0 Å².